The van der Waals surface area contributed by atoms with Crippen LogP contribution in [0.25, 0.3) is 0 Å². The lowest BCUT2D eigenvalue weighted by molar-refractivity contribution is -0.385. The van der Waals surface area contributed by atoms with Gasteiger partial charge in [0.2, 0.25) is 0 Å². The maximum absolute atomic E-state index is 11.9. The zero-order chi connectivity index (χ0) is 21.3. The third kappa shape index (κ3) is 6.80. The Hall–Kier alpha value is -2.47. The molecule has 30 heavy (non-hydrogen) atoms. The van der Waals surface area contributed by atoms with E-state index in [1.807, 2.05) is 24.3 Å². The number of benzene rings is 2. The van der Waals surface area contributed by atoms with E-state index in [1.54, 1.807) is 30.0 Å². The lowest BCUT2D eigenvalue weighted by Crippen LogP contribution is -2.19. The maximum Gasteiger partial charge on any atom is 0.278 e. The number of hydrazone groups is 1. The molecule has 0 aliphatic carbocycles. The monoisotopic (exact) mass is 479 g/mol. The number of carbonyl (C=O) groups excluding carboxylic acids is 1. The number of carbonyl (C=O) groups is 1. The Labute approximate surface area is 189 Å². The van der Waals surface area contributed by atoms with Crippen molar-refractivity contribution >= 4 is 64.3 Å². The number of nitrogens with zero attached hydrogens (tertiary/aromatic N) is 4. The summed E-state index contributed by atoms with van der Waals surface area (Å²) in [6, 6.07) is 13.7. The minimum absolute atomic E-state index is 0.0811. The predicted molar refractivity (Wildman–Crippen MR) is 120 cm³/mol. The average Bonchev–Trinajstić information content (AvgIpc) is 3.20. The van der Waals surface area contributed by atoms with Crippen molar-refractivity contribution in [3.63, 3.8) is 0 Å². The number of nitrogens with one attached hydrogen (secondary N) is 1. The number of amides is 1. The molecule has 0 bridgehead atoms. The second kappa shape index (κ2) is 11.1. The number of rotatable bonds is 9. The normalized spacial score (nSPS) is 11.0. The van der Waals surface area contributed by atoms with Crippen LogP contribution in [0.2, 0.25) is 5.02 Å². The lowest BCUT2D eigenvalue weighted by atomic mass is 10.2. The molecule has 0 saturated carbocycles. The molecular formula is C18H14ClN5O3S3. The first-order valence-corrected chi connectivity index (χ1v) is 11.6. The molecule has 1 aromatic heterocycles. The molecule has 154 valence electrons. The van der Waals surface area contributed by atoms with Gasteiger partial charge in [-0.25, -0.2) is 5.43 Å². The Kier molecular flexibility index (Phi) is 8.20. The summed E-state index contributed by atoms with van der Waals surface area (Å²) in [5, 5.41) is 23.6. The molecule has 12 heteroatoms. The SMILES string of the molecule is O=C(CSc1nnc(SCc2ccc(Cl)cc2)s1)NN=Cc1ccccc1[N+](=O)[O-]. The van der Waals surface area contributed by atoms with Crippen LogP contribution in [0.15, 0.2) is 62.3 Å². The lowest BCUT2D eigenvalue weighted by Gasteiger charge is -1.99. The van der Waals surface area contributed by atoms with Crippen molar-refractivity contribution in [2.75, 3.05) is 5.75 Å². The Morgan fingerprint density at radius 1 is 1.17 bits per heavy atom. The van der Waals surface area contributed by atoms with E-state index < -0.39 is 4.92 Å². The Morgan fingerprint density at radius 3 is 2.60 bits per heavy atom. The topological polar surface area (TPSA) is 110 Å². The quantitative estimate of drug-likeness (QED) is 0.206. The molecule has 0 saturated heterocycles. The summed E-state index contributed by atoms with van der Waals surface area (Å²) in [6.07, 6.45) is 1.25. The molecule has 0 fully saturated rings. The summed E-state index contributed by atoms with van der Waals surface area (Å²) in [4.78, 5) is 22.4. The van der Waals surface area contributed by atoms with Crippen LogP contribution in [-0.4, -0.2) is 33.0 Å². The van der Waals surface area contributed by atoms with E-state index in [0.717, 1.165) is 15.7 Å². The number of nitro groups is 1. The van der Waals surface area contributed by atoms with Crippen LogP contribution in [0.5, 0.6) is 0 Å². The molecule has 1 N–H and O–H groups in total. The summed E-state index contributed by atoms with van der Waals surface area (Å²) >= 11 is 10.1. The summed E-state index contributed by atoms with van der Waals surface area (Å²) in [7, 11) is 0. The molecule has 0 unspecified atom stereocenters. The summed E-state index contributed by atoms with van der Waals surface area (Å²) in [5.41, 5.74) is 3.71. The summed E-state index contributed by atoms with van der Waals surface area (Å²) in [5.74, 6) is 0.502. The van der Waals surface area contributed by atoms with Crippen LogP contribution in [0.1, 0.15) is 11.1 Å². The Morgan fingerprint density at radius 2 is 1.87 bits per heavy atom. The molecule has 1 amide bonds. The van der Waals surface area contributed by atoms with E-state index in [4.69, 9.17) is 11.6 Å². The molecular weight excluding hydrogens is 466 g/mol. The Bertz CT molecular complexity index is 1060. The van der Waals surface area contributed by atoms with Gasteiger partial charge in [0.25, 0.3) is 11.6 Å². The molecule has 0 radical (unpaired) electrons. The Balaban J connectivity index is 1.44. The highest BCUT2D eigenvalue weighted by Crippen LogP contribution is 2.30. The van der Waals surface area contributed by atoms with Crippen molar-refractivity contribution < 1.29 is 9.72 Å². The van der Waals surface area contributed by atoms with Gasteiger partial charge in [-0.15, -0.1) is 10.2 Å². The molecule has 0 aliphatic heterocycles. The number of thioether (sulfide) groups is 2. The van der Waals surface area contributed by atoms with Crippen LogP contribution in [0, 0.1) is 10.1 Å². The van der Waals surface area contributed by atoms with E-state index in [2.05, 4.69) is 20.7 Å². The van der Waals surface area contributed by atoms with E-state index >= 15 is 0 Å². The molecule has 0 spiro atoms. The van der Waals surface area contributed by atoms with Crippen molar-refractivity contribution in [1.82, 2.24) is 15.6 Å². The molecule has 3 rings (SSSR count). The number of para-hydroxylation sites is 1. The van der Waals surface area contributed by atoms with Gasteiger partial charge in [0.15, 0.2) is 8.68 Å². The summed E-state index contributed by atoms with van der Waals surface area (Å²) in [6.45, 7) is 0. The van der Waals surface area contributed by atoms with Gasteiger partial charge in [-0.3, -0.25) is 14.9 Å². The van der Waals surface area contributed by atoms with E-state index in [1.165, 1.54) is 35.4 Å². The first-order valence-electron chi connectivity index (χ1n) is 8.40. The third-order valence-corrected chi connectivity index (χ3v) is 7.03. The number of aromatic nitrogens is 2. The van der Waals surface area contributed by atoms with Gasteiger partial charge in [-0.1, -0.05) is 70.7 Å². The van der Waals surface area contributed by atoms with E-state index in [-0.39, 0.29) is 17.3 Å². The first kappa shape index (κ1) is 22.2. The number of hydrogen-bond donors (Lipinski definition) is 1. The average molecular weight is 480 g/mol. The van der Waals surface area contributed by atoms with Gasteiger partial charge in [0, 0.05) is 16.8 Å². The minimum Gasteiger partial charge on any atom is -0.272 e. The van der Waals surface area contributed by atoms with Crippen molar-refractivity contribution in [2.45, 2.75) is 14.4 Å². The van der Waals surface area contributed by atoms with Gasteiger partial charge in [-0.05, 0) is 23.8 Å². The second-order valence-corrected chi connectivity index (χ2v) is 9.51. The van der Waals surface area contributed by atoms with Crippen LogP contribution >= 0.6 is 46.5 Å². The molecule has 2 aromatic carbocycles. The minimum atomic E-state index is -0.503. The predicted octanol–water partition coefficient (Wildman–Crippen LogP) is 4.63. The highest BCUT2D eigenvalue weighted by atomic mass is 35.5. The standard InChI is InChI=1S/C18H14ClN5O3S3/c19-14-7-5-12(6-8-14)10-28-17-22-23-18(30-17)29-11-16(25)21-20-9-13-3-1-2-4-15(13)24(26)27/h1-9H,10-11H2,(H,21,25). The number of nitro benzene ring substituents is 1. The zero-order valence-electron chi connectivity index (χ0n) is 15.2. The first-order chi connectivity index (χ1) is 14.5. The van der Waals surface area contributed by atoms with Crippen LogP contribution < -0.4 is 5.43 Å². The second-order valence-electron chi connectivity index (χ2n) is 5.65. The van der Waals surface area contributed by atoms with Gasteiger partial charge in [0.05, 0.1) is 22.5 Å². The largest absolute Gasteiger partial charge is 0.278 e. The highest BCUT2D eigenvalue weighted by Gasteiger charge is 2.11. The van der Waals surface area contributed by atoms with Crippen LogP contribution in [0.3, 0.4) is 0 Å². The highest BCUT2D eigenvalue weighted by molar-refractivity contribution is 8.03. The fraction of sp³-hybridized carbons (Fsp3) is 0.111. The molecule has 8 nitrogen and oxygen atoms in total. The maximum atomic E-state index is 11.9. The molecule has 1 heterocycles. The fourth-order valence-electron chi connectivity index (χ4n) is 2.14. The number of halogens is 1. The van der Waals surface area contributed by atoms with E-state index in [0.29, 0.717) is 14.9 Å². The smallest absolute Gasteiger partial charge is 0.272 e. The van der Waals surface area contributed by atoms with Crippen molar-refractivity contribution in [3.05, 3.63) is 74.8 Å². The van der Waals surface area contributed by atoms with Gasteiger partial charge in [-0.2, -0.15) is 5.10 Å². The molecule has 0 aliphatic rings. The third-order valence-electron chi connectivity index (χ3n) is 3.52. The van der Waals surface area contributed by atoms with Gasteiger partial charge >= 0.3 is 0 Å². The van der Waals surface area contributed by atoms with Crippen LogP contribution in [0.4, 0.5) is 5.69 Å². The summed E-state index contributed by atoms with van der Waals surface area (Å²) < 4.78 is 1.48. The van der Waals surface area contributed by atoms with Crippen molar-refractivity contribution in [1.29, 1.82) is 0 Å². The van der Waals surface area contributed by atoms with Gasteiger partial charge in [0.1, 0.15) is 0 Å². The molecule has 0 atom stereocenters. The van der Waals surface area contributed by atoms with Gasteiger partial charge < -0.3 is 0 Å². The van der Waals surface area contributed by atoms with E-state index in [9.17, 15) is 14.9 Å². The van der Waals surface area contributed by atoms with Crippen LogP contribution in [-0.2, 0) is 10.5 Å². The van der Waals surface area contributed by atoms with Crippen molar-refractivity contribution in [2.24, 2.45) is 5.10 Å². The van der Waals surface area contributed by atoms with Crippen molar-refractivity contribution in [3.8, 4) is 0 Å². The zero-order valence-corrected chi connectivity index (χ0v) is 18.4. The molecule has 3 aromatic rings. The number of hydrogen-bond acceptors (Lipinski definition) is 9. The fourth-order valence-corrected chi connectivity index (χ4v) is 5.03.